The van der Waals surface area contributed by atoms with E-state index in [9.17, 15) is 0 Å². The fourth-order valence-electron chi connectivity index (χ4n) is 9.40. The summed E-state index contributed by atoms with van der Waals surface area (Å²) in [6.07, 6.45) is 0. The average Bonchev–Trinajstić information content (AvgIpc) is 4.04. The fourth-order valence-corrected chi connectivity index (χ4v) is 10.5. The van der Waals surface area contributed by atoms with Gasteiger partial charge in [-0.15, -0.1) is 11.3 Å². The Labute approximate surface area is 365 Å². The Kier molecular flexibility index (Phi) is 8.01. The fraction of sp³-hybridized carbons (Fsp3) is 0. The highest BCUT2D eigenvalue weighted by Crippen LogP contribution is 2.44. The molecule has 5 nitrogen and oxygen atoms in total. The van der Waals surface area contributed by atoms with E-state index in [2.05, 4.69) is 193 Å². The minimum Gasteiger partial charge on any atom is -0.455 e. The smallest absolute Gasteiger partial charge is 0.167 e. The molecule has 13 rings (SSSR count). The number of furan rings is 1. The zero-order valence-electron chi connectivity index (χ0n) is 33.7. The first-order valence-corrected chi connectivity index (χ1v) is 21.9. The molecule has 0 fully saturated rings. The molecule has 0 unspecified atom stereocenters. The molecule has 0 bridgehead atoms. The Bertz CT molecular complexity index is 3870. The van der Waals surface area contributed by atoms with E-state index in [1.54, 1.807) is 11.3 Å². The van der Waals surface area contributed by atoms with Gasteiger partial charge < -0.3 is 8.98 Å². The molecule has 9 aromatic carbocycles. The van der Waals surface area contributed by atoms with Gasteiger partial charge in [0, 0.05) is 64.1 Å². The molecule has 0 radical (unpaired) electrons. The summed E-state index contributed by atoms with van der Waals surface area (Å²) >= 11 is 1.79. The van der Waals surface area contributed by atoms with Crippen LogP contribution in [0.3, 0.4) is 0 Å². The molecule has 294 valence electrons. The Morgan fingerprint density at radius 3 is 1.67 bits per heavy atom. The van der Waals surface area contributed by atoms with Crippen LogP contribution in [0, 0.1) is 0 Å². The second-order valence-corrected chi connectivity index (χ2v) is 17.0. The summed E-state index contributed by atoms with van der Waals surface area (Å²) in [5.74, 6) is 1.74. The lowest BCUT2D eigenvalue weighted by Crippen LogP contribution is -2.02. The molecule has 0 aliphatic carbocycles. The minimum atomic E-state index is 0.537. The zero-order chi connectivity index (χ0) is 41.4. The Balaban J connectivity index is 1.12. The Hall–Kier alpha value is -8.19. The first-order chi connectivity index (χ1) is 31.2. The van der Waals surface area contributed by atoms with Gasteiger partial charge in [0.1, 0.15) is 11.2 Å². The molecular weight excluding hydrogens is 789 g/mol. The second kappa shape index (κ2) is 14.2. The Morgan fingerprint density at radius 2 is 0.889 bits per heavy atom. The summed E-state index contributed by atoms with van der Waals surface area (Å²) < 4.78 is 12.0. The monoisotopic (exact) mass is 822 g/mol. The van der Waals surface area contributed by atoms with Crippen molar-refractivity contribution in [1.82, 2.24) is 19.5 Å². The van der Waals surface area contributed by atoms with Crippen molar-refractivity contribution in [2.24, 2.45) is 0 Å². The maximum atomic E-state index is 7.22. The molecule has 0 aliphatic rings. The summed E-state index contributed by atoms with van der Waals surface area (Å²) in [5.41, 5.74) is 11.8. The second-order valence-electron chi connectivity index (χ2n) is 15.9. The van der Waals surface area contributed by atoms with Crippen LogP contribution < -0.4 is 0 Å². The van der Waals surface area contributed by atoms with Crippen molar-refractivity contribution in [1.29, 1.82) is 0 Å². The van der Waals surface area contributed by atoms with Gasteiger partial charge in [-0.05, 0) is 59.2 Å². The van der Waals surface area contributed by atoms with Crippen molar-refractivity contribution in [3.8, 4) is 62.1 Å². The van der Waals surface area contributed by atoms with E-state index in [0.29, 0.717) is 17.5 Å². The molecule has 4 heterocycles. The highest BCUT2D eigenvalue weighted by molar-refractivity contribution is 7.25. The first-order valence-electron chi connectivity index (χ1n) is 21.1. The standard InChI is InChI=1S/C57H34N4OS/c1-3-16-35(17-4-1)37-20-13-21-38(32-37)40-25-14-26-43-46-33-39(61-48-28-10-7-22-41(48)42-23-8-11-29-49(42)61)34-47(54(46)62-53(40)43)57-59-55(36-18-5-2-6-19-36)58-56(60-57)45-27-15-31-51-52(45)44-24-9-12-30-50(44)63-51/h1-34H. The summed E-state index contributed by atoms with van der Waals surface area (Å²) in [6.45, 7) is 0. The molecule has 0 amide bonds. The van der Waals surface area contributed by atoms with E-state index >= 15 is 0 Å². The lowest BCUT2D eigenvalue weighted by molar-refractivity contribution is 0.670. The lowest BCUT2D eigenvalue weighted by atomic mass is 9.97. The molecule has 0 aliphatic heterocycles. The van der Waals surface area contributed by atoms with Crippen molar-refractivity contribution >= 4 is 75.3 Å². The zero-order valence-corrected chi connectivity index (χ0v) is 34.6. The third-order valence-corrected chi connectivity index (χ3v) is 13.4. The average molecular weight is 823 g/mol. The van der Waals surface area contributed by atoms with Crippen LogP contribution in [0.25, 0.3) is 126 Å². The van der Waals surface area contributed by atoms with Crippen LogP contribution in [-0.2, 0) is 0 Å². The van der Waals surface area contributed by atoms with Gasteiger partial charge in [-0.2, -0.15) is 0 Å². The molecule has 0 spiro atoms. The van der Waals surface area contributed by atoms with Gasteiger partial charge in [0.2, 0.25) is 0 Å². The number of thiophene rings is 1. The van der Waals surface area contributed by atoms with Crippen molar-refractivity contribution < 1.29 is 4.42 Å². The van der Waals surface area contributed by atoms with E-state index in [1.165, 1.54) is 31.1 Å². The number of aromatic nitrogens is 4. The number of hydrogen-bond acceptors (Lipinski definition) is 5. The molecule has 13 aromatic rings. The molecule has 63 heavy (non-hydrogen) atoms. The van der Waals surface area contributed by atoms with Crippen molar-refractivity contribution in [3.63, 3.8) is 0 Å². The maximum absolute atomic E-state index is 7.22. The van der Waals surface area contributed by atoms with Gasteiger partial charge in [0.15, 0.2) is 17.5 Å². The predicted molar refractivity (Wildman–Crippen MR) is 262 cm³/mol. The van der Waals surface area contributed by atoms with E-state index in [4.69, 9.17) is 19.4 Å². The maximum Gasteiger partial charge on any atom is 0.167 e. The van der Waals surface area contributed by atoms with Crippen molar-refractivity contribution in [2.45, 2.75) is 0 Å². The van der Waals surface area contributed by atoms with Crippen LogP contribution in [0.1, 0.15) is 0 Å². The van der Waals surface area contributed by atoms with Crippen LogP contribution in [0.4, 0.5) is 0 Å². The number of benzene rings is 9. The SMILES string of the molecule is c1ccc(-c2cccc(-c3cccc4c3oc3c(-c5nc(-c6ccccc6)nc(-c6cccc7sc8ccccc8c67)n5)cc(-n5c6ccccc6c6ccccc65)cc34)c2)cc1. The minimum absolute atomic E-state index is 0.537. The van der Waals surface area contributed by atoms with Gasteiger partial charge >= 0.3 is 0 Å². The third kappa shape index (κ3) is 5.73. The molecule has 0 saturated carbocycles. The highest BCUT2D eigenvalue weighted by Gasteiger charge is 2.24. The first kappa shape index (κ1) is 35.6. The van der Waals surface area contributed by atoms with Gasteiger partial charge in [-0.3, -0.25) is 0 Å². The number of fused-ring (bicyclic) bond motifs is 9. The summed E-state index contributed by atoms with van der Waals surface area (Å²) in [4.78, 5) is 16.0. The molecule has 0 saturated heterocycles. The highest BCUT2D eigenvalue weighted by atomic mass is 32.1. The van der Waals surface area contributed by atoms with E-state index in [0.717, 1.165) is 77.4 Å². The van der Waals surface area contributed by atoms with Crippen LogP contribution >= 0.6 is 11.3 Å². The Morgan fingerprint density at radius 1 is 0.349 bits per heavy atom. The van der Waals surface area contributed by atoms with Gasteiger partial charge in [-0.1, -0.05) is 164 Å². The summed E-state index contributed by atoms with van der Waals surface area (Å²) in [7, 11) is 0. The topological polar surface area (TPSA) is 56.7 Å². The van der Waals surface area contributed by atoms with Crippen molar-refractivity contribution in [2.75, 3.05) is 0 Å². The summed E-state index contributed by atoms with van der Waals surface area (Å²) in [5, 5.41) is 6.71. The molecule has 4 aromatic heterocycles. The van der Waals surface area contributed by atoms with Crippen LogP contribution in [0.5, 0.6) is 0 Å². The summed E-state index contributed by atoms with van der Waals surface area (Å²) in [6, 6.07) is 72.6. The lowest BCUT2D eigenvalue weighted by Gasteiger charge is -2.13. The van der Waals surface area contributed by atoms with E-state index < -0.39 is 0 Å². The predicted octanol–water partition coefficient (Wildman–Crippen LogP) is 15.6. The largest absolute Gasteiger partial charge is 0.455 e. The van der Waals surface area contributed by atoms with Gasteiger partial charge in [-0.25, -0.2) is 15.0 Å². The number of rotatable bonds is 6. The van der Waals surface area contributed by atoms with Crippen LogP contribution in [0.15, 0.2) is 211 Å². The van der Waals surface area contributed by atoms with E-state index in [-0.39, 0.29) is 0 Å². The normalized spacial score (nSPS) is 11.8. The quantitative estimate of drug-likeness (QED) is 0.168. The molecular formula is C57H34N4OS. The molecule has 0 atom stereocenters. The van der Waals surface area contributed by atoms with Gasteiger partial charge in [0.25, 0.3) is 0 Å². The van der Waals surface area contributed by atoms with Gasteiger partial charge in [0.05, 0.1) is 16.6 Å². The van der Waals surface area contributed by atoms with Crippen molar-refractivity contribution in [3.05, 3.63) is 206 Å². The third-order valence-electron chi connectivity index (χ3n) is 12.3. The van der Waals surface area contributed by atoms with Crippen LogP contribution in [-0.4, -0.2) is 19.5 Å². The number of nitrogens with zero attached hydrogens (tertiary/aromatic N) is 4. The molecule has 0 N–H and O–H groups in total. The molecule has 6 heteroatoms. The van der Waals surface area contributed by atoms with Crippen LogP contribution in [0.2, 0.25) is 0 Å². The number of hydrogen-bond donors (Lipinski definition) is 0. The number of para-hydroxylation sites is 3. The van der Waals surface area contributed by atoms with E-state index in [1.807, 2.05) is 18.2 Å².